The SMILES string of the molecule is CSC(C)(C)CNC1CS(=O)(=O)c2ccccc21. The van der Waals surface area contributed by atoms with Crippen LogP contribution in [-0.4, -0.2) is 31.7 Å². The predicted molar refractivity (Wildman–Crippen MR) is 76.8 cm³/mol. The van der Waals surface area contributed by atoms with Crippen molar-refractivity contribution >= 4 is 21.6 Å². The van der Waals surface area contributed by atoms with Crippen molar-refractivity contribution in [2.24, 2.45) is 0 Å². The van der Waals surface area contributed by atoms with Crippen molar-refractivity contribution in [3.8, 4) is 0 Å². The maximum atomic E-state index is 12.0. The number of sulfone groups is 1. The molecule has 1 aromatic carbocycles. The Kier molecular flexibility index (Phi) is 3.76. The monoisotopic (exact) mass is 285 g/mol. The van der Waals surface area contributed by atoms with E-state index in [2.05, 4.69) is 25.4 Å². The molecule has 18 heavy (non-hydrogen) atoms. The average Bonchev–Trinajstić information content (AvgIpc) is 2.60. The van der Waals surface area contributed by atoms with Crippen LogP contribution in [0.25, 0.3) is 0 Å². The molecule has 5 heteroatoms. The van der Waals surface area contributed by atoms with Gasteiger partial charge in [0.25, 0.3) is 0 Å². The number of rotatable bonds is 4. The van der Waals surface area contributed by atoms with E-state index < -0.39 is 9.84 Å². The maximum absolute atomic E-state index is 12.0. The molecule has 0 spiro atoms. The van der Waals surface area contributed by atoms with Gasteiger partial charge in [0.05, 0.1) is 10.6 Å². The number of benzene rings is 1. The maximum Gasteiger partial charge on any atom is 0.180 e. The lowest BCUT2D eigenvalue weighted by molar-refractivity contribution is 0.523. The van der Waals surface area contributed by atoms with Crippen molar-refractivity contribution in [3.05, 3.63) is 29.8 Å². The summed E-state index contributed by atoms with van der Waals surface area (Å²) >= 11 is 1.78. The van der Waals surface area contributed by atoms with Crippen LogP contribution in [0.2, 0.25) is 0 Å². The van der Waals surface area contributed by atoms with E-state index in [-0.39, 0.29) is 16.5 Å². The molecule has 0 amide bonds. The Balaban J connectivity index is 2.19. The van der Waals surface area contributed by atoms with Gasteiger partial charge in [-0.25, -0.2) is 8.42 Å². The zero-order valence-corrected chi connectivity index (χ0v) is 12.6. The fraction of sp³-hybridized carbons (Fsp3) is 0.538. The molecule has 2 rings (SSSR count). The number of hydrogen-bond acceptors (Lipinski definition) is 4. The average molecular weight is 285 g/mol. The van der Waals surface area contributed by atoms with Gasteiger partial charge in [0, 0.05) is 17.3 Å². The van der Waals surface area contributed by atoms with Gasteiger partial charge in [0.2, 0.25) is 0 Å². The van der Waals surface area contributed by atoms with E-state index in [4.69, 9.17) is 0 Å². The van der Waals surface area contributed by atoms with Crippen LogP contribution in [0.3, 0.4) is 0 Å². The molecular weight excluding hydrogens is 266 g/mol. The first-order valence-electron chi connectivity index (χ1n) is 5.96. The van der Waals surface area contributed by atoms with Crippen LogP contribution in [0, 0.1) is 0 Å². The molecule has 0 saturated carbocycles. The molecule has 3 nitrogen and oxygen atoms in total. The Morgan fingerprint density at radius 1 is 1.39 bits per heavy atom. The summed E-state index contributed by atoms with van der Waals surface area (Å²) in [6.45, 7) is 5.10. The van der Waals surface area contributed by atoms with E-state index in [0.717, 1.165) is 12.1 Å². The van der Waals surface area contributed by atoms with Crippen LogP contribution < -0.4 is 5.32 Å². The molecule has 100 valence electrons. The molecule has 0 aromatic heterocycles. The zero-order valence-electron chi connectivity index (χ0n) is 10.9. The van der Waals surface area contributed by atoms with Gasteiger partial charge in [0.1, 0.15) is 0 Å². The topological polar surface area (TPSA) is 46.2 Å². The molecule has 0 fully saturated rings. The van der Waals surface area contributed by atoms with Crippen molar-refractivity contribution in [1.82, 2.24) is 5.32 Å². The van der Waals surface area contributed by atoms with E-state index in [1.165, 1.54) is 0 Å². The Labute approximate surface area is 113 Å². The minimum atomic E-state index is -3.10. The van der Waals surface area contributed by atoms with Gasteiger partial charge < -0.3 is 5.32 Å². The summed E-state index contributed by atoms with van der Waals surface area (Å²) in [5.74, 6) is 0.177. The standard InChI is InChI=1S/C13H19NO2S2/c1-13(2,17-3)9-14-11-8-18(15,16)12-7-5-4-6-10(11)12/h4-7,11,14H,8-9H2,1-3H3. The summed E-state index contributed by atoms with van der Waals surface area (Å²) in [6.07, 6.45) is 2.07. The quantitative estimate of drug-likeness (QED) is 0.921. The van der Waals surface area contributed by atoms with Crippen molar-refractivity contribution in [2.75, 3.05) is 18.6 Å². The fourth-order valence-electron chi connectivity index (χ4n) is 2.06. The second kappa shape index (κ2) is 4.87. The first kappa shape index (κ1) is 13.9. The van der Waals surface area contributed by atoms with Gasteiger partial charge in [-0.3, -0.25) is 0 Å². The highest BCUT2D eigenvalue weighted by atomic mass is 32.2. The number of hydrogen-bond donors (Lipinski definition) is 1. The Bertz CT molecular complexity index is 538. The van der Waals surface area contributed by atoms with Crippen LogP contribution in [0.15, 0.2) is 29.2 Å². The molecule has 0 saturated heterocycles. The van der Waals surface area contributed by atoms with E-state index in [1.54, 1.807) is 23.9 Å². The van der Waals surface area contributed by atoms with Gasteiger partial charge >= 0.3 is 0 Å². The first-order chi connectivity index (χ1) is 8.36. The summed E-state index contributed by atoms with van der Waals surface area (Å²) in [6, 6.07) is 7.21. The van der Waals surface area contributed by atoms with Gasteiger partial charge in [0.15, 0.2) is 9.84 Å². The number of thioether (sulfide) groups is 1. The lowest BCUT2D eigenvalue weighted by Gasteiger charge is -2.24. The smallest absolute Gasteiger partial charge is 0.180 e. The highest BCUT2D eigenvalue weighted by molar-refractivity contribution is 7.99. The Morgan fingerprint density at radius 3 is 2.72 bits per heavy atom. The second-order valence-corrected chi connectivity index (χ2v) is 8.73. The van der Waals surface area contributed by atoms with Gasteiger partial charge in [-0.05, 0) is 31.7 Å². The lowest BCUT2D eigenvalue weighted by atomic mass is 10.1. The minimum absolute atomic E-state index is 0.0716. The largest absolute Gasteiger partial charge is 0.308 e. The molecule has 0 bridgehead atoms. The highest BCUT2D eigenvalue weighted by Gasteiger charge is 2.34. The molecule has 1 aromatic rings. The Morgan fingerprint density at radius 2 is 2.06 bits per heavy atom. The highest BCUT2D eigenvalue weighted by Crippen LogP contribution is 2.33. The number of fused-ring (bicyclic) bond motifs is 1. The van der Waals surface area contributed by atoms with Crippen LogP contribution in [0.4, 0.5) is 0 Å². The van der Waals surface area contributed by atoms with Gasteiger partial charge in [-0.15, -0.1) is 0 Å². The number of nitrogens with one attached hydrogen (secondary N) is 1. The molecule has 0 radical (unpaired) electrons. The third-order valence-corrected chi connectivity index (χ3v) is 6.41. The van der Waals surface area contributed by atoms with Crippen LogP contribution in [-0.2, 0) is 9.84 Å². The van der Waals surface area contributed by atoms with Crippen LogP contribution in [0.1, 0.15) is 25.5 Å². The third-order valence-electron chi connectivity index (χ3n) is 3.34. The lowest BCUT2D eigenvalue weighted by Crippen LogP contribution is -2.35. The van der Waals surface area contributed by atoms with E-state index in [0.29, 0.717) is 4.90 Å². The summed E-state index contributed by atoms with van der Waals surface area (Å²) in [5, 5.41) is 3.38. The van der Waals surface area contributed by atoms with E-state index in [1.807, 2.05) is 12.1 Å². The summed E-state index contributed by atoms with van der Waals surface area (Å²) < 4.78 is 24.1. The minimum Gasteiger partial charge on any atom is -0.308 e. The van der Waals surface area contributed by atoms with Crippen LogP contribution in [0.5, 0.6) is 0 Å². The van der Waals surface area contributed by atoms with Crippen molar-refractivity contribution in [2.45, 2.75) is 29.5 Å². The van der Waals surface area contributed by atoms with Crippen molar-refractivity contribution < 1.29 is 8.42 Å². The molecule has 1 atom stereocenters. The van der Waals surface area contributed by atoms with Gasteiger partial charge in [-0.1, -0.05) is 18.2 Å². The molecule has 1 unspecified atom stereocenters. The summed E-state index contributed by atoms with van der Waals surface area (Å²) in [7, 11) is -3.10. The Hall–Kier alpha value is -0.520. The molecule has 1 aliphatic rings. The van der Waals surface area contributed by atoms with E-state index >= 15 is 0 Å². The predicted octanol–water partition coefficient (Wildman–Crippen LogP) is 2.25. The van der Waals surface area contributed by atoms with Gasteiger partial charge in [-0.2, -0.15) is 11.8 Å². The zero-order chi connectivity index (χ0) is 13.4. The molecule has 0 aliphatic carbocycles. The normalized spacial score (nSPS) is 21.8. The van der Waals surface area contributed by atoms with Crippen LogP contribution >= 0.6 is 11.8 Å². The van der Waals surface area contributed by atoms with E-state index in [9.17, 15) is 8.42 Å². The third kappa shape index (κ3) is 2.73. The summed E-state index contributed by atoms with van der Waals surface area (Å²) in [5.41, 5.74) is 0.911. The first-order valence-corrected chi connectivity index (χ1v) is 8.84. The van der Waals surface area contributed by atoms with Crippen molar-refractivity contribution in [3.63, 3.8) is 0 Å². The molecule has 1 heterocycles. The fourth-order valence-corrected chi connectivity index (χ4v) is 4.06. The molecule has 1 aliphatic heterocycles. The summed E-state index contributed by atoms with van der Waals surface area (Å²) in [4.78, 5) is 0.490. The van der Waals surface area contributed by atoms with Crippen molar-refractivity contribution in [1.29, 1.82) is 0 Å². The molecular formula is C13H19NO2S2. The molecule has 1 N–H and O–H groups in total. The second-order valence-electron chi connectivity index (χ2n) is 5.22.